The zero-order chi connectivity index (χ0) is 9.36. The Morgan fingerprint density at radius 1 is 1.15 bits per heavy atom. The Hall–Kier alpha value is -0.120. The van der Waals surface area contributed by atoms with Gasteiger partial charge in [0, 0.05) is 26.3 Å². The predicted molar refractivity (Wildman–Crippen MR) is 55.0 cm³/mol. The number of hydrogen-bond acceptors (Lipinski definition) is 3. The van der Waals surface area contributed by atoms with Crippen molar-refractivity contribution in [1.82, 2.24) is 10.6 Å². The van der Waals surface area contributed by atoms with Crippen molar-refractivity contribution in [3.8, 4) is 0 Å². The number of ether oxygens (including phenoxy) is 1. The lowest BCUT2D eigenvalue weighted by Gasteiger charge is -2.22. The fourth-order valence-electron chi connectivity index (χ4n) is 1.61. The van der Waals surface area contributed by atoms with E-state index >= 15 is 0 Å². The Bertz CT molecular complexity index is 113. The molecule has 0 aromatic rings. The molecule has 0 spiro atoms. The van der Waals surface area contributed by atoms with Crippen molar-refractivity contribution in [3.63, 3.8) is 0 Å². The summed E-state index contributed by atoms with van der Waals surface area (Å²) in [6, 6.07) is 0. The van der Waals surface area contributed by atoms with Crippen LogP contribution in [-0.2, 0) is 4.74 Å². The van der Waals surface area contributed by atoms with Crippen LogP contribution in [0.2, 0.25) is 0 Å². The largest absolute Gasteiger partial charge is 0.381 e. The SMILES string of the molecule is CCNCCNCC1CCOCC1. The van der Waals surface area contributed by atoms with Crippen LogP contribution in [0, 0.1) is 5.92 Å². The van der Waals surface area contributed by atoms with E-state index in [0.29, 0.717) is 0 Å². The summed E-state index contributed by atoms with van der Waals surface area (Å²) >= 11 is 0. The summed E-state index contributed by atoms with van der Waals surface area (Å²) in [5, 5.41) is 6.77. The van der Waals surface area contributed by atoms with Gasteiger partial charge < -0.3 is 15.4 Å². The van der Waals surface area contributed by atoms with E-state index in [9.17, 15) is 0 Å². The van der Waals surface area contributed by atoms with E-state index in [0.717, 1.165) is 45.3 Å². The Morgan fingerprint density at radius 3 is 2.54 bits per heavy atom. The summed E-state index contributed by atoms with van der Waals surface area (Å²) in [5.74, 6) is 0.843. The lowest BCUT2D eigenvalue weighted by molar-refractivity contribution is 0.0664. The molecule has 0 amide bonds. The minimum atomic E-state index is 0.843. The van der Waals surface area contributed by atoms with E-state index in [-0.39, 0.29) is 0 Å². The third-order valence-electron chi connectivity index (χ3n) is 2.50. The minimum absolute atomic E-state index is 0.843. The molecule has 3 heteroatoms. The first kappa shape index (κ1) is 11.0. The molecule has 0 aromatic carbocycles. The van der Waals surface area contributed by atoms with Crippen molar-refractivity contribution in [2.24, 2.45) is 5.92 Å². The highest BCUT2D eigenvalue weighted by molar-refractivity contribution is 4.66. The van der Waals surface area contributed by atoms with Crippen LogP contribution >= 0.6 is 0 Å². The highest BCUT2D eigenvalue weighted by Crippen LogP contribution is 2.12. The number of likely N-dealkylation sites (N-methyl/N-ethyl adjacent to an activating group) is 1. The second-order valence-corrected chi connectivity index (χ2v) is 3.61. The summed E-state index contributed by atoms with van der Waals surface area (Å²) in [5.41, 5.74) is 0. The molecule has 1 aliphatic rings. The second kappa shape index (κ2) is 7.30. The maximum Gasteiger partial charge on any atom is 0.0469 e. The average Bonchev–Trinajstić information content (AvgIpc) is 2.19. The summed E-state index contributed by atoms with van der Waals surface area (Å²) in [7, 11) is 0. The molecule has 0 bridgehead atoms. The first-order chi connectivity index (χ1) is 6.43. The van der Waals surface area contributed by atoms with E-state index in [1.807, 2.05) is 0 Å². The molecule has 2 N–H and O–H groups in total. The first-order valence-electron chi connectivity index (χ1n) is 5.42. The normalized spacial score (nSPS) is 19.2. The smallest absolute Gasteiger partial charge is 0.0469 e. The van der Waals surface area contributed by atoms with Gasteiger partial charge in [-0.25, -0.2) is 0 Å². The van der Waals surface area contributed by atoms with Gasteiger partial charge in [0.25, 0.3) is 0 Å². The lowest BCUT2D eigenvalue weighted by atomic mass is 10.0. The highest BCUT2D eigenvalue weighted by atomic mass is 16.5. The van der Waals surface area contributed by atoms with E-state index in [4.69, 9.17) is 4.74 Å². The van der Waals surface area contributed by atoms with Crippen LogP contribution in [0.1, 0.15) is 19.8 Å². The number of nitrogens with one attached hydrogen (secondary N) is 2. The van der Waals surface area contributed by atoms with Gasteiger partial charge in [-0.3, -0.25) is 0 Å². The summed E-state index contributed by atoms with van der Waals surface area (Å²) in [4.78, 5) is 0. The molecule has 3 nitrogen and oxygen atoms in total. The predicted octanol–water partition coefficient (Wildman–Crippen LogP) is 0.612. The monoisotopic (exact) mass is 186 g/mol. The van der Waals surface area contributed by atoms with E-state index in [1.165, 1.54) is 12.8 Å². The van der Waals surface area contributed by atoms with Crippen molar-refractivity contribution in [3.05, 3.63) is 0 Å². The van der Waals surface area contributed by atoms with Crippen molar-refractivity contribution < 1.29 is 4.74 Å². The minimum Gasteiger partial charge on any atom is -0.381 e. The van der Waals surface area contributed by atoms with Gasteiger partial charge in [-0.15, -0.1) is 0 Å². The molecule has 0 unspecified atom stereocenters. The van der Waals surface area contributed by atoms with Gasteiger partial charge in [-0.2, -0.15) is 0 Å². The van der Waals surface area contributed by atoms with Crippen LogP contribution in [0.15, 0.2) is 0 Å². The van der Waals surface area contributed by atoms with Gasteiger partial charge in [0.05, 0.1) is 0 Å². The molecule has 0 radical (unpaired) electrons. The molecule has 1 aliphatic heterocycles. The number of hydrogen-bond donors (Lipinski definition) is 2. The van der Waals surface area contributed by atoms with E-state index in [2.05, 4.69) is 17.6 Å². The summed E-state index contributed by atoms with van der Waals surface area (Å²) in [6.45, 7) is 8.45. The van der Waals surface area contributed by atoms with Gasteiger partial charge >= 0.3 is 0 Å². The Labute approximate surface area is 81.2 Å². The fraction of sp³-hybridized carbons (Fsp3) is 1.00. The quantitative estimate of drug-likeness (QED) is 0.596. The van der Waals surface area contributed by atoms with Crippen molar-refractivity contribution in [2.45, 2.75) is 19.8 Å². The van der Waals surface area contributed by atoms with Crippen LogP contribution in [0.4, 0.5) is 0 Å². The molecule has 0 atom stereocenters. The average molecular weight is 186 g/mol. The molecule has 0 saturated carbocycles. The topological polar surface area (TPSA) is 33.3 Å². The van der Waals surface area contributed by atoms with Gasteiger partial charge in [-0.1, -0.05) is 6.92 Å². The molecule has 78 valence electrons. The fourth-order valence-corrected chi connectivity index (χ4v) is 1.61. The van der Waals surface area contributed by atoms with Crippen molar-refractivity contribution in [1.29, 1.82) is 0 Å². The second-order valence-electron chi connectivity index (χ2n) is 3.61. The van der Waals surface area contributed by atoms with Crippen LogP contribution in [0.25, 0.3) is 0 Å². The molecule has 13 heavy (non-hydrogen) atoms. The first-order valence-corrected chi connectivity index (χ1v) is 5.42. The van der Waals surface area contributed by atoms with Gasteiger partial charge in [-0.05, 0) is 31.8 Å². The van der Waals surface area contributed by atoms with Gasteiger partial charge in [0.2, 0.25) is 0 Å². The zero-order valence-electron chi connectivity index (χ0n) is 8.64. The van der Waals surface area contributed by atoms with Crippen molar-refractivity contribution in [2.75, 3.05) is 39.4 Å². The molecule has 1 rings (SSSR count). The third kappa shape index (κ3) is 5.24. The molecular weight excluding hydrogens is 164 g/mol. The van der Waals surface area contributed by atoms with E-state index < -0.39 is 0 Å². The third-order valence-corrected chi connectivity index (χ3v) is 2.50. The van der Waals surface area contributed by atoms with Gasteiger partial charge in [0.1, 0.15) is 0 Å². The molecule has 1 saturated heterocycles. The molecule has 1 heterocycles. The van der Waals surface area contributed by atoms with E-state index in [1.54, 1.807) is 0 Å². The van der Waals surface area contributed by atoms with Crippen LogP contribution < -0.4 is 10.6 Å². The maximum atomic E-state index is 5.30. The van der Waals surface area contributed by atoms with Gasteiger partial charge in [0.15, 0.2) is 0 Å². The highest BCUT2D eigenvalue weighted by Gasteiger charge is 2.12. The van der Waals surface area contributed by atoms with Crippen LogP contribution in [-0.4, -0.2) is 39.4 Å². The Kier molecular flexibility index (Phi) is 6.15. The Balaban J connectivity index is 1.86. The molecule has 1 fully saturated rings. The molecular formula is C10H22N2O. The standard InChI is InChI=1S/C10H22N2O/c1-2-11-5-6-12-9-10-3-7-13-8-4-10/h10-12H,2-9H2,1H3. The lowest BCUT2D eigenvalue weighted by Crippen LogP contribution is -2.32. The molecule has 0 aromatic heterocycles. The summed E-state index contributed by atoms with van der Waals surface area (Å²) in [6.07, 6.45) is 2.46. The maximum absolute atomic E-state index is 5.30. The zero-order valence-corrected chi connectivity index (χ0v) is 8.64. The van der Waals surface area contributed by atoms with Crippen LogP contribution in [0.5, 0.6) is 0 Å². The molecule has 0 aliphatic carbocycles. The summed E-state index contributed by atoms with van der Waals surface area (Å²) < 4.78 is 5.30. The number of rotatable bonds is 6. The van der Waals surface area contributed by atoms with Crippen LogP contribution in [0.3, 0.4) is 0 Å². The Morgan fingerprint density at radius 2 is 1.85 bits per heavy atom. The van der Waals surface area contributed by atoms with Crippen molar-refractivity contribution >= 4 is 0 Å².